The Morgan fingerprint density at radius 2 is 2.06 bits per heavy atom. The molecule has 1 aromatic rings. The van der Waals surface area contributed by atoms with Crippen molar-refractivity contribution in [2.24, 2.45) is 5.92 Å². The molecule has 2 N–H and O–H groups in total. The fraction of sp³-hybridized carbons (Fsp3) is 0.636. The number of ether oxygens (including phenoxy) is 2. The van der Waals surface area contributed by atoms with Gasteiger partial charge in [0, 0.05) is 38.9 Å². The van der Waals surface area contributed by atoms with Crippen LogP contribution in [0.25, 0.3) is 0 Å². The van der Waals surface area contributed by atoms with Gasteiger partial charge in [-0.15, -0.1) is 0 Å². The van der Waals surface area contributed by atoms with Crippen molar-refractivity contribution in [1.29, 1.82) is 5.26 Å². The number of aromatic nitrogens is 1. The monoisotopic (exact) mass is 498 g/mol. The predicted molar refractivity (Wildman–Crippen MR) is 118 cm³/mol. The molecule has 2 saturated heterocycles. The van der Waals surface area contributed by atoms with E-state index in [0.29, 0.717) is 38.2 Å². The fourth-order valence-electron chi connectivity index (χ4n) is 3.95. The van der Waals surface area contributed by atoms with E-state index in [-0.39, 0.29) is 32.1 Å². The Morgan fingerprint density at radius 3 is 2.66 bits per heavy atom. The predicted octanol–water partition coefficient (Wildman–Crippen LogP) is 0.985. The summed E-state index contributed by atoms with van der Waals surface area (Å²) >= 11 is 0. The van der Waals surface area contributed by atoms with Crippen LogP contribution in [-0.2, 0) is 19.1 Å². The third kappa shape index (κ3) is 7.27. The summed E-state index contributed by atoms with van der Waals surface area (Å²) in [6.45, 7) is 3.98. The van der Waals surface area contributed by atoms with Crippen LogP contribution in [0.1, 0.15) is 25.3 Å². The topological polar surface area (TPSA) is 120 Å². The van der Waals surface area contributed by atoms with Gasteiger partial charge in [-0.05, 0) is 18.6 Å². The average molecular weight is 499 g/mol. The molecule has 13 heteroatoms. The second-order valence-corrected chi connectivity index (χ2v) is 8.30. The number of rotatable bonds is 9. The minimum absolute atomic E-state index is 0.0185. The number of piperazine rings is 1. The van der Waals surface area contributed by atoms with Crippen molar-refractivity contribution in [2.75, 3.05) is 50.8 Å². The minimum atomic E-state index is -4.72. The van der Waals surface area contributed by atoms with E-state index < -0.39 is 30.2 Å². The maximum atomic E-state index is 13.3. The molecule has 2 aliphatic rings. The van der Waals surface area contributed by atoms with Crippen molar-refractivity contribution < 1.29 is 32.2 Å². The van der Waals surface area contributed by atoms with Gasteiger partial charge in [0.1, 0.15) is 11.9 Å². The van der Waals surface area contributed by atoms with Gasteiger partial charge in [0.15, 0.2) is 5.92 Å². The first-order chi connectivity index (χ1) is 16.7. The molecule has 2 fully saturated rings. The Labute approximate surface area is 201 Å². The smallest absolute Gasteiger partial charge is 0.378 e. The quantitative estimate of drug-likeness (QED) is 0.484. The lowest BCUT2D eigenvalue weighted by molar-refractivity contribution is -0.220. The number of hydrogen-bond donors (Lipinski definition) is 2. The summed E-state index contributed by atoms with van der Waals surface area (Å²) in [5.74, 6) is -2.75. The van der Waals surface area contributed by atoms with Crippen LogP contribution in [0.4, 0.5) is 19.0 Å². The maximum absolute atomic E-state index is 13.3. The molecule has 3 rings (SSSR count). The summed E-state index contributed by atoms with van der Waals surface area (Å²) in [5.41, 5.74) is 4.90. The molecule has 2 aliphatic heterocycles. The molecule has 0 aliphatic carbocycles. The molecular formula is C22H29F3N6O4. The van der Waals surface area contributed by atoms with Crippen LogP contribution in [0.15, 0.2) is 18.3 Å². The number of alkyl halides is 3. The summed E-state index contributed by atoms with van der Waals surface area (Å²) in [5, 5.41) is 8.87. The summed E-state index contributed by atoms with van der Waals surface area (Å²) in [6, 6.07) is 5.51. The lowest BCUT2D eigenvalue weighted by Crippen LogP contribution is -2.61. The number of anilines is 1. The lowest BCUT2D eigenvalue weighted by Gasteiger charge is -2.35. The van der Waals surface area contributed by atoms with E-state index in [2.05, 4.69) is 10.4 Å². The number of hydrogen-bond acceptors (Lipinski definition) is 8. The Morgan fingerprint density at radius 1 is 1.31 bits per heavy atom. The van der Waals surface area contributed by atoms with E-state index in [0.717, 1.165) is 5.82 Å². The van der Waals surface area contributed by atoms with Crippen LogP contribution >= 0.6 is 0 Å². The highest BCUT2D eigenvalue weighted by Crippen LogP contribution is 2.32. The Balaban J connectivity index is 1.38. The van der Waals surface area contributed by atoms with E-state index in [4.69, 9.17) is 14.7 Å². The molecule has 0 bridgehead atoms. The van der Waals surface area contributed by atoms with Crippen LogP contribution < -0.4 is 15.8 Å². The second kappa shape index (κ2) is 12.1. The minimum Gasteiger partial charge on any atom is -0.378 e. The molecule has 0 radical (unpaired) electrons. The van der Waals surface area contributed by atoms with Crippen LogP contribution in [-0.4, -0.2) is 86.0 Å². The standard InChI is InChI=1S/C22H29F3N6O4/c1-2-16(35-17-13-28-29-21(33)20(17)22(23,24)25)14-34-10-5-19(32)31-8-6-30(7-9-31)18-4-3-15(11-26)12-27-18/h3-4,12,16-17,20,28H,2,5-10,13-14H2,1H3,(H,29,33)/t16-,17?,20?/m0/s1. The normalized spacial score (nSPS) is 21.9. The van der Waals surface area contributed by atoms with Gasteiger partial charge in [0.25, 0.3) is 0 Å². The largest absolute Gasteiger partial charge is 0.403 e. The van der Waals surface area contributed by atoms with Crippen LogP contribution in [0, 0.1) is 17.2 Å². The summed E-state index contributed by atoms with van der Waals surface area (Å²) < 4.78 is 50.9. The Hall–Kier alpha value is -2.95. The molecule has 10 nitrogen and oxygen atoms in total. The number of pyridine rings is 1. The molecule has 3 heterocycles. The van der Waals surface area contributed by atoms with E-state index in [9.17, 15) is 22.8 Å². The van der Waals surface area contributed by atoms with Crippen molar-refractivity contribution in [3.8, 4) is 6.07 Å². The van der Waals surface area contributed by atoms with Gasteiger partial charge in [-0.25, -0.2) is 10.4 Å². The van der Waals surface area contributed by atoms with E-state index in [1.54, 1.807) is 24.0 Å². The first-order valence-electron chi connectivity index (χ1n) is 11.4. The summed E-state index contributed by atoms with van der Waals surface area (Å²) in [7, 11) is 0. The molecule has 1 aromatic heterocycles. The zero-order chi connectivity index (χ0) is 25.4. The van der Waals surface area contributed by atoms with Crippen molar-refractivity contribution >= 4 is 17.6 Å². The number of nitrogens with zero attached hydrogens (tertiary/aromatic N) is 4. The van der Waals surface area contributed by atoms with Gasteiger partial charge in [-0.3, -0.25) is 15.0 Å². The molecule has 35 heavy (non-hydrogen) atoms. The fourth-order valence-corrected chi connectivity index (χ4v) is 3.95. The van der Waals surface area contributed by atoms with Gasteiger partial charge in [-0.1, -0.05) is 6.92 Å². The molecule has 192 valence electrons. The number of halogens is 3. The van der Waals surface area contributed by atoms with Gasteiger partial charge in [0.05, 0.1) is 37.4 Å². The molecule has 3 atom stereocenters. The van der Waals surface area contributed by atoms with Crippen molar-refractivity contribution in [2.45, 2.75) is 38.1 Å². The van der Waals surface area contributed by atoms with E-state index in [1.807, 2.05) is 16.4 Å². The number of carbonyl (C=O) groups excluding carboxylic acids is 2. The highest BCUT2D eigenvalue weighted by Gasteiger charge is 2.52. The first kappa shape index (κ1) is 26.7. The Bertz CT molecular complexity index is 900. The summed E-state index contributed by atoms with van der Waals surface area (Å²) in [6.07, 6.45) is -4.67. The van der Waals surface area contributed by atoms with Gasteiger partial charge in [0.2, 0.25) is 11.8 Å². The van der Waals surface area contributed by atoms with Gasteiger partial charge < -0.3 is 19.3 Å². The zero-order valence-corrected chi connectivity index (χ0v) is 19.4. The number of nitrogens with one attached hydrogen (secondary N) is 2. The maximum Gasteiger partial charge on any atom is 0.403 e. The van der Waals surface area contributed by atoms with Crippen LogP contribution in [0.5, 0.6) is 0 Å². The second-order valence-electron chi connectivity index (χ2n) is 8.30. The summed E-state index contributed by atoms with van der Waals surface area (Å²) in [4.78, 5) is 32.2. The number of carbonyl (C=O) groups is 2. The molecule has 0 aromatic carbocycles. The molecule has 2 amide bonds. The molecule has 2 unspecified atom stereocenters. The Kier molecular flexibility index (Phi) is 9.25. The van der Waals surface area contributed by atoms with Gasteiger partial charge >= 0.3 is 6.18 Å². The van der Waals surface area contributed by atoms with E-state index in [1.165, 1.54) is 6.20 Å². The van der Waals surface area contributed by atoms with Crippen molar-refractivity contribution in [3.63, 3.8) is 0 Å². The van der Waals surface area contributed by atoms with Crippen LogP contribution in [0.2, 0.25) is 0 Å². The molecule has 0 spiro atoms. The highest BCUT2D eigenvalue weighted by atomic mass is 19.4. The third-order valence-corrected chi connectivity index (χ3v) is 5.94. The third-order valence-electron chi connectivity index (χ3n) is 5.94. The van der Waals surface area contributed by atoms with E-state index >= 15 is 0 Å². The highest BCUT2D eigenvalue weighted by molar-refractivity contribution is 5.80. The van der Waals surface area contributed by atoms with Crippen molar-refractivity contribution in [3.05, 3.63) is 23.9 Å². The first-order valence-corrected chi connectivity index (χ1v) is 11.4. The lowest BCUT2D eigenvalue weighted by atomic mass is 9.99. The molecular weight excluding hydrogens is 469 g/mol. The SMILES string of the molecule is CC[C@@H](COCCC(=O)N1CCN(c2ccc(C#N)cn2)CC1)OC1CNNC(=O)C1C(F)(F)F. The average Bonchev–Trinajstić information content (AvgIpc) is 2.85. The van der Waals surface area contributed by atoms with Crippen molar-refractivity contribution in [1.82, 2.24) is 20.7 Å². The number of nitriles is 1. The number of amides is 2. The molecule has 0 saturated carbocycles. The number of hydrazine groups is 1. The zero-order valence-electron chi connectivity index (χ0n) is 19.4. The van der Waals surface area contributed by atoms with Gasteiger partial charge in [-0.2, -0.15) is 18.4 Å². The van der Waals surface area contributed by atoms with Crippen LogP contribution in [0.3, 0.4) is 0 Å².